The van der Waals surface area contributed by atoms with Crippen LogP contribution in [0.2, 0.25) is 5.02 Å². The molecule has 0 radical (unpaired) electrons. The lowest BCUT2D eigenvalue weighted by Gasteiger charge is -2.45. The molecule has 1 atom stereocenters. The average molecular weight is 387 g/mol. The van der Waals surface area contributed by atoms with E-state index in [-0.39, 0.29) is 11.7 Å². The SMILES string of the molecule is NC(C1CC1)C1(C2CC2)CCC(Oc2cc3cc[nH]c(=O)c3cc2Cl)CC1. The van der Waals surface area contributed by atoms with Crippen molar-refractivity contribution in [3.05, 3.63) is 39.8 Å². The van der Waals surface area contributed by atoms with E-state index < -0.39 is 0 Å². The van der Waals surface area contributed by atoms with E-state index in [1.54, 1.807) is 12.3 Å². The highest BCUT2D eigenvalue weighted by atomic mass is 35.5. The largest absolute Gasteiger partial charge is 0.489 e. The molecule has 1 heterocycles. The first-order valence-electron chi connectivity index (χ1n) is 10.3. The molecule has 4 nitrogen and oxygen atoms in total. The van der Waals surface area contributed by atoms with Crippen molar-refractivity contribution in [3.8, 4) is 5.75 Å². The van der Waals surface area contributed by atoms with Gasteiger partial charge in [-0.2, -0.15) is 0 Å². The van der Waals surface area contributed by atoms with Gasteiger partial charge >= 0.3 is 0 Å². The summed E-state index contributed by atoms with van der Waals surface area (Å²) in [7, 11) is 0. The molecular weight excluding hydrogens is 360 g/mol. The molecule has 3 aliphatic rings. The van der Waals surface area contributed by atoms with Crippen LogP contribution in [-0.2, 0) is 0 Å². The lowest BCUT2D eigenvalue weighted by atomic mass is 9.64. The first-order chi connectivity index (χ1) is 13.1. The van der Waals surface area contributed by atoms with Crippen LogP contribution < -0.4 is 16.0 Å². The molecule has 5 heteroatoms. The normalized spacial score (nSPS) is 29.6. The number of aromatic nitrogens is 1. The van der Waals surface area contributed by atoms with Gasteiger partial charge in [0, 0.05) is 17.6 Å². The van der Waals surface area contributed by atoms with Crippen LogP contribution >= 0.6 is 11.6 Å². The maximum Gasteiger partial charge on any atom is 0.255 e. The van der Waals surface area contributed by atoms with Crippen LogP contribution in [0, 0.1) is 17.3 Å². The molecule has 3 N–H and O–H groups in total. The summed E-state index contributed by atoms with van der Waals surface area (Å²) in [4.78, 5) is 14.6. The molecule has 0 amide bonds. The number of rotatable bonds is 5. The molecule has 1 aromatic carbocycles. The lowest BCUT2D eigenvalue weighted by molar-refractivity contribution is 0.0388. The zero-order valence-corrected chi connectivity index (χ0v) is 16.3. The molecule has 0 saturated heterocycles. The van der Waals surface area contributed by atoms with Gasteiger partial charge in [0.2, 0.25) is 0 Å². The van der Waals surface area contributed by atoms with Gasteiger partial charge in [0.1, 0.15) is 5.75 Å². The maximum absolute atomic E-state index is 11.9. The summed E-state index contributed by atoms with van der Waals surface area (Å²) in [6, 6.07) is 5.87. The number of nitrogens with two attached hydrogens (primary N) is 1. The van der Waals surface area contributed by atoms with Crippen LogP contribution in [0.5, 0.6) is 5.75 Å². The number of nitrogens with one attached hydrogen (secondary N) is 1. The van der Waals surface area contributed by atoms with Crippen molar-refractivity contribution < 1.29 is 4.74 Å². The van der Waals surface area contributed by atoms with Crippen molar-refractivity contribution in [2.24, 2.45) is 23.0 Å². The minimum atomic E-state index is -0.123. The topological polar surface area (TPSA) is 68.1 Å². The van der Waals surface area contributed by atoms with E-state index in [0.717, 1.165) is 30.1 Å². The third-order valence-corrected chi connectivity index (χ3v) is 7.46. The summed E-state index contributed by atoms with van der Waals surface area (Å²) in [5, 5.41) is 1.96. The fraction of sp³-hybridized carbons (Fsp3) is 0.591. The van der Waals surface area contributed by atoms with Gasteiger partial charge < -0.3 is 15.5 Å². The standard InChI is InChI=1S/C22H27ClN2O2/c23-18-12-17-14(7-10-25-21(17)26)11-19(18)27-16-5-8-22(9-6-16,15-3-4-15)20(24)13-1-2-13/h7,10-13,15-16,20H,1-6,8-9,24H2,(H,25,26). The van der Waals surface area contributed by atoms with Gasteiger partial charge in [-0.1, -0.05) is 11.6 Å². The molecule has 5 rings (SSSR count). The Bertz CT molecular complexity index is 908. The number of ether oxygens (including phenoxy) is 1. The van der Waals surface area contributed by atoms with E-state index in [1.165, 1.54) is 38.5 Å². The fourth-order valence-electron chi connectivity index (χ4n) is 5.30. The van der Waals surface area contributed by atoms with Gasteiger partial charge in [0.25, 0.3) is 5.56 Å². The van der Waals surface area contributed by atoms with Crippen LogP contribution in [0.15, 0.2) is 29.2 Å². The molecular formula is C22H27ClN2O2. The highest BCUT2D eigenvalue weighted by Crippen LogP contribution is 2.58. The molecule has 0 aliphatic heterocycles. The van der Waals surface area contributed by atoms with E-state index in [2.05, 4.69) is 4.98 Å². The smallest absolute Gasteiger partial charge is 0.255 e. The van der Waals surface area contributed by atoms with Gasteiger partial charge in [0.15, 0.2) is 0 Å². The zero-order chi connectivity index (χ0) is 18.6. The first-order valence-corrected chi connectivity index (χ1v) is 10.7. The summed E-state index contributed by atoms with van der Waals surface area (Å²) in [6.45, 7) is 0. The number of halogens is 1. The summed E-state index contributed by atoms with van der Waals surface area (Å²) in [6.07, 6.45) is 11.6. The second-order valence-corrected chi connectivity index (χ2v) is 9.27. The number of pyridine rings is 1. The molecule has 0 bridgehead atoms. The molecule has 144 valence electrons. The van der Waals surface area contributed by atoms with Gasteiger partial charge in [0.05, 0.1) is 11.1 Å². The van der Waals surface area contributed by atoms with E-state index >= 15 is 0 Å². The van der Waals surface area contributed by atoms with E-state index in [9.17, 15) is 4.79 Å². The second-order valence-electron chi connectivity index (χ2n) is 8.86. The molecule has 1 aromatic heterocycles. The van der Waals surface area contributed by atoms with Crippen molar-refractivity contribution in [2.75, 3.05) is 0 Å². The van der Waals surface area contributed by atoms with Crippen molar-refractivity contribution >= 4 is 22.4 Å². The Morgan fingerprint density at radius 1 is 1.15 bits per heavy atom. The zero-order valence-electron chi connectivity index (χ0n) is 15.5. The number of benzene rings is 1. The second kappa shape index (κ2) is 6.52. The minimum absolute atomic E-state index is 0.123. The summed E-state index contributed by atoms with van der Waals surface area (Å²) in [5.74, 6) is 2.28. The van der Waals surface area contributed by atoms with Crippen LogP contribution in [-0.4, -0.2) is 17.1 Å². The summed E-state index contributed by atoms with van der Waals surface area (Å²) < 4.78 is 6.30. The van der Waals surface area contributed by atoms with Crippen LogP contribution in [0.1, 0.15) is 51.4 Å². The fourth-order valence-corrected chi connectivity index (χ4v) is 5.51. The Morgan fingerprint density at radius 2 is 1.89 bits per heavy atom. The predicted molar refractivity (Wildman–Crippen MR) is 108 cm³/mol. The summed E-state index contributed by atoms with van der Waals surface area (Å²) in [5.41, 5.74) is 6.96. The van der Waals surface area contributed by atoms with Gasteiger partial charge in [-0.25, -0.2) is 0 Å². The van der Waals surface area contributed by atoms with Gasteiger partial charge in [-0.3, -0.25) is 4.79 Å². The van der Waals surface area contributed by atoms with E-state index in [4.69, 9.17) is 22.1 Å². The van der Waals surface area contributed by atoms with Crippen molar-refractivity contribution in [1.29, 1.82) is 0 Å². The number of H-pyrrole nitrogens is 1. The van der Waals surface area contributed by atoms with Crippen LogP contribution in [0.25, 0.3) is 10.8 Å². The van der Waals surface area contributed by atoms with Crippen molar-refractivity contribution in [2.45, 2.75) is 63.5 Å². The van der Waals surface area contributed by atoms with Gasteiger partial charge in [-0.05, 0) is 92.2 Å². The van der Waals surface area contributed by atoms with Crippen molar-refractivity contribution in [1.82, 2.24) is 4.98 Å². The Morgan fingerprint density at radius 3 is 2.56 bits per heavy atom. The number of hydrogen-bond acceptors (Lipinski definition) is 3. The van der Waals surface area contributed by atoms with Gasteiger partial charge in [-0.15, -0.1) is 0 Å². The molecule has 3 saturated carbocycles. The third-order valence-electron chi connectivity index (χ3n) is 7.17. The lowest BCUT2D eigenvalue weighted by Crippen LogP contribution is -2.48. The number of aromatic amines is 1. The highest BCUT2D eigenvalue weighted by molar-refractivity contribution is 6.32. The van der Waals surface area contributed by atoms with Crippen LogP contribution in [0.4, 0.5) is 0 Å². The molecule has 1 unspecified atom stereocenters. The maximum atomic E-state index is 11.9. The molecule has 27 heavy (non-hydrogen) atoms. The van der Waals surface area contributed by atoms with E-state index in [1.807, 2.05) is 12.1 Å². The Hall–Kier alpha value is -1.52. The monoisotopic (exact) mass is 386 g/mol. The quantitative estimate of drug-likeness (QED) is 0.786. The van der Waals surface area contributed by atoms with Crippen molar-refractivity contribution in [3.63, 3.8) is 0 Å². The first kappa shape index (κ1) is 17.6. The van der Waals surface area contributed by atoms with Crippen LogP contribution in [0.3, 0.4) is 0 Å². The third kappa shape index (κ3) is 3.17. The average Bonchev–Trinajstić information content (AvgIpc) is 3.56. The predicted octanol–water partition coefficient (Wildman–Crippen LogP) is 4.64. The molecule has 3 aliphatic carbocycles. The molecule has 2 aromatic rings. The highest BCUT2D eigenvalue weighted by Gasteiger charge is 2.54. The number of hydrogen-bond donors (Lipinski definition) is 2. The molecule has 3 fully saturated rings. The Kier molecular flexibility index (Phi) is 4.25. The summed E-state index contributed by atoms with van der Waals surface area (Å²) >= 11 is 6.41. The Balaban J connectivity index is 1.32. The minimum Gasteiger partial charge on any atom is -0.489 e. The Labute approximate surface area is 164 Å². The van der Waals surface area contributed by atoms with E-state index in [0.29, 0.717) is 27.6 Å². The number of fused-ring (bicyclic) bond motifs is 1. The molecule has 0 spiro atoms.